The molecule has 6 heteroatoms. The Morgan fingerprint density at radius 2 is 1.90 bits per heavy atom. The molecule has 4 N–H and O–H groups in total. The van der Waals surface area contributed by atoms with Gasteiger partial charge in [-0.05, 0) is 43.5 Å². The summed E-state index contributed by atoms with van der Waals surface area (Å²) in [5.74, 6) is -0.275. The third-order valence-electron chi connectivity index (χ3n) is 3.10. The maximum absolute atomic E-state index is 11.8. The number of rotatable bonds is 5. The molecule has 0 saturated heterocycles. The highest BCUT2D eigenvalue weighted by atomic mass is 35.5. The predicted molar refractivity (Wildman–Crippen MR) is 81.1 cm³/mol. The van der Waals surface area contributed by atoms with E-state index >= 15 is 0 Å². The molecule has 2 rings (SSSR count). The van der Waals surface area contributed by atoms with E-state index in [9.17, 15) is 9.59 Å². The Balaban J connectivity index is 0.00000200. The van der Waals surface area contributed by atoms with E-state index in [2.05, 4.69) is 10.6 Å². The molecule has 2 amide bonds. The molecule has 0 radical (unpaired) electrons. The Bertz CT molecular complexity index is 472. The van der Waals surface area contributed by atoms with Gasteiger partial charge < -0.3 is 16.4 Å². The van der Waals surface area contributed by atoms with Crippen LogP contribution < -0.4 is 16.4 Å². The quantitative estimate of drug-likeness (QED) is 0.773. The van der Waals surface area contributed by atoms with Crippen LogP contribution in [-0.2, 0) is 4.79 Å². The topological polar surface area (TPSA) is 84.2 Å². The first-order valence-electron chi connectivity index (χ1n) is 6.57. The van der Waals surface area contributed by atoms with Gasteiger partial charge in [0.1, 0.15) is 0 Å². The SMILES string of the molecule is CC[C@H](N)C(=O)Nc1ccc(C(=O)NC2CC2)cc1.Cl. The number of carbonyl (C=O) groups is 2. The van der Waals surface area contributed by atoms with Gasteiger partial charge in [-0.25, -0.2) is 0 Å². The monoisotopic (exact) mass is 297 g/mol. The Kier molecular flexibility index (Phi) is 5.98. The van der Waals surface area contributed by atoms with Crippen molar-refractivity contribution in [3.8, 4) is 0 Å². The van der Waals surface area contributed by atoms with Crippen molar-refractivity contribution in [3.63, 3.8) is 0 Å². The van der Waals surface area contributed by atoms with Crippen molar-refractivity contribution >= 4 is 29.9 Å². The van der Waals surface area contributed by atoms with Gasteiger partial charge in [0.15, 0.2) is 0 Å². The standard InChI is InChI=1S/C14H19N3O2.ClH/c1-2-12(15)14(19)17-10-5-3-9(4-6-10)13(18)16-11-7-8-11;/h3-6,11-12H,2,7-8,15H2,1H3,(H,16,18)(H,17,19);1H/t12-;/m0./s1. The molecular weight excluding hydrogens is 278 g/mol. The summed E-state index contributed by atoms with van der Waals surface area (Å²) in [5, 5.41) is 5.63. The van der Waals surface area contributed by atoms with Crippen LogP contribution in [0.4, 0.5) is 5.69 Å². The molecular formula is C14H20ClN3O2. The van der Waals surface area contributed by atoms with Crippen LogP contribution in [0, 0.1) is 0 Å². The molecule has 0 heterocycles. The van der Waals surface area contributed by atoms with Gasteiger partial charge in [-0.2, -0.15) is 0 Å². The summed E-state index contributed by atoms with van der Waals surface area (Å²) in [6, 6.07) is 6.66. The number of anilines is 1. The smallest absolute Gasteiger partial charge is 0.251 e. The number of benzene rings is 1. The number of nitrogens with one attached hydrogen (secondary N) is 2. The Hall–Kier alpha value is -1.59. The van der Waals surface area contributed by atoms with Crippen LogP contribution in [0.5, 0.6) is 0 Å². The van der Waals surface area contributed by atoms with Crippen LogP contribution in [0.3, 0.4) is 0 Å². The lowest BCUT2D eigenvalue weighted by atomic mass is 10.1. The second-order valence-corrected chi connectivity index (χ2v) is 4.83. The van der Waals surface area contributed by atoms with Crippen LogP contribution in [-0.4, -0.2) is 23.9 Å². The molecule has 1 atom stereocenters. The van der Waals surface area contributed by atoms with E-state index in [-0.39, 0.29) is 24.2 Å². The fourth-order valence-corrected chi connectivity index (χ4v) is 1.62. The fourth-order valence-electron chi connectivity index (χ4n) is 1.62. The average molecular weight is 298 g/mol. The van der Waals surface area contributed by atoms with E-state index < -0.39 is 6.04 Å². The van der Waals surface area contributed by atoms with Crippen LogP contribution in [0.25, 0.3) is 0 Å². The van der Waals surface area contributed by atoms with E-state index in [1.165, 1.54) is 0 Å². The summed E-state index contributed by atoms with van der Waals surface area (Å²) < 4.78 is 0. The molecule has 0 spiro atoms. The lowest BCUT2D eigenvalue weighted by molar-refractivity contribution is -0.117. The highest BCUT2D eigenvalue weighted by Gasteiger charge is 2.23. The molecule has 1 aliphatic rings. The molecule has 110 valence electrons. The van der Waals surface area contributed by atoms with Crippen molar-refractivity contribution in [2.24, 2.45) is 5.73 Å². The maximum Gasteiger partial charge on any atom is 0.251 e. The normalized spacial score (nSPS) is 14.9. The molecule has 1 aromatic carbocycles. The zero-order valence-electron chi connectivity index (χ0n) is 11.4. The lowest BCUT2D eigenvalue weighted by Crippen LogP contribution is -2.34. The van der Waals surface area contributed by atoms with Gasteiger partial charge in [-0.15, -0.1) is 12.4 Å². The summed E-state index contributed by atoms with van der Waals surface area (Å²) >= 11 is 0. The van der Waals surface area contributed by atoms with Gasteiger partial charge in [-0.1, -0.05) is 6.92 Å². The first-order valence-corrected chi connectivity index (χ1v) is 6.57. The maximum atomic E-state index is 11.8. The molecule has 1 fully saturated rings. The Morgan fingerprint density at radius 1 is 1.30 bits per heavy atom. The second-order valence-electron chi connectivity index (χ2n) is 4.83. The van der Waals surface area contributed by atoms with Crippen molar-refractivity contribution in [1.82, 2.24) is 5.32 Å². The Morgan fingerprint density at radius 3 is 2.40 bits per heavy atom. The fraction of sp³-hybridized carbons (Fsp3) is 0.429. The minimum atomic E-state index is -0.502. The largest absolute Gasteiger partial charge is 0.349 e. The molecule has 20 heavy (non-hydrogen) atoms. The number of carbonyl (C=O) groups excluding carboxylic acids is 2. The van der Waals surface area contributed by atoms with Gasteiger partial charge >= 0.3 is 0 Å². The van der Waals surface area contributed by atoms with Crippen LogP contribution in [0.15, 0.2) is 24.3 Å². The van der Waals surface area contributed by atoms with Crippen molar-refractivity contribution in [2.75, 3.05) is 5.32 Å². The summed E-state index contributed by atoms with van der Waals surface area (Å²) in [6.07, 6.45) is 2.72. The molecule has 0 bridgehead atoms. The molecule has 0 aromatic heterocycles. The van der Waals surface area contributed by atoms with Crippen molar-refractivity contribution in [1.29, 1.82) is 0 Å². The Labute approximate surface area is 124 Å². The molecule has 1 aromatic rings. The third-order valence-corrected chi connectivity index (χ3v) is 3.10. The van der Waals surface area contributed by atoms with Gasteiger partial charge in [-0.3, -0.25) is 9.59 Å². The molecule has 0 unspecified atom stereocenters. The highest BCUT2D eigenvalue weighted by Crippen LogP contribution is 2.19. The van der Waals surface area contributed by atoms with Gasteiger partial charge in [0, 0.05) is 17.3 Å². The number of nitrogens with two attached hydrogens (primary N) is 1. The van der Waals surface area contributed by atoms with E-state index in [1.54, 1.807) is 24.3 Å². The lowest BCUT2D eigenvalue weighted by Gasteiger charge is -2.10. The van der Waals surface area contributed by atoms with E-state index in [1.807, 2.05) is 6.92 Å². The molecule has 0 aliphatic heterocycles. The molecule has 1 aliphatic carbocycles. The van der Waals surface area contributed by atoms with Crippen molar-refractivity contribution in [3.05, 3.63) is 29.8 Å². The first-order chi connectivity index (χ1) is 9.10. The first kappa shape index (κ1) is 16.5. The van der Waals surface area contributed by atoms with E-state index in [0.29, 0.717) is 23.7 Å². The number of hydrogen-bond donors (Lipinski definition) is 3. The summed E-state index contributed by atoms with van der Waals surface area (Å²) in [5.41, 5.74) is 6.88. The summed E-state index contributed by atoms with van der Waals surface area (Å²) in [4.78, 5) is 23.4. The predicted octanol–water partition coefficient (Wildman–Crippen LogP) is 1.68. The molecule has 1 saturated carbocycles. The summed E-state index contributed by atoms with van der Waals surface area (Å²) in [7, 11) is 0. The highest BCUT2D eigenvalue weighted by molar-refractivity contribution is 5.97. The van der Waals surface area contributed by atoms with E-state index in [0.717, 1.165) is 12.8 Å². The minimum absolute atomic E-state index is 0. The zero-order valence-corrected chi connectivity index (χ0v) is 12.2. The van der Waals surface area contributed by atoms with E-state index in [4.69, 9.17) is 5.73 Å². The van der Waals surface area contributed by atoms with Gasteiger partial charge in [0.25, 0.3) is 5.91 Å². The number of halogens is 1. The van der Waals surface area contributed by atoms with Gasteiger partial charge in [0.05, 0.1) is 6.04 Å². The van der Waals surface area contributed by atoms with Crippen LogP contribution >= 0.6 is 12.4 Å². The summed E-state index contributed by atoms with van der Waals surface area (Å²) in [6.45, 7) is 1.86. The van der Waals surface area contributed by atoms with Crippen LogP contribution in [0.2, 0.25) is 0 Å². The third kappa shape index (κ3) is 4.51. The zero-order chi connectivity index (χ0) is 13.8. The minimum Gasteiger partial charge on any atom is -0.349 e. The van der Waals surface area contributed by atoms with Crippen molar-refractivity contribution < 1.29 is 9.59 Å². The van der Waals surface area contributed by atoms with Gasteiger partial charge in [0.2, 0.25) is 5.91 Å². The van der Waals surface area contributed by atoms with Crippen molar-refractivity contribution in [2.45, 2.75) is 38.3 Å². The average Bonchev–Trinajstić information content (AvgIpc) is 3.22. The second kappa shape index (κ2) is 7.26. The number of amides is 2. The molecule has 5 nitrogen and oxygen atoms in total. The number of hydrogen-bond acceptors (Lipinski definition) is 3. The van der Waals surface area contributed by atoms with Crippen LogP contribution in [0.1, 0.15) is 36.5 Å².